The molecule has 6 nitrogen and oxygen atoms in total. The molecule has 2 N–H and O–H groups in total. The fourth-order valence-electron chi connectivity index (χ4n) is 3.78. The molecule has 0 aromatic heterocycles. The number of nitrogens with zero attached hydrogens (tertiary/aromatic N) is 1. The third-order valence-electron chi connectivity index (χ3n) is 4.96. The van der Waals surface area contributed by atoms with E-state index >= 15 is 0 Å². The van der Waals surface area contributed by atoms with Crippen molar-refractivity contribution >= 4 is 21.7 Å². The van der Waals surface area contributed by atoms with Gasteiger partial charge in [0.05, 0.1) is 17.5 Å². The molecule has 2 aliphatic rings. The lowest BCUT2D eigenvalue weighted by Gasteiger charge is -2.37. The summed E-state index contributed by atoms with van der Waals surface area (Å²) in [5.41, 5.74) is 7.16. The van der Waals surface area contributed by atoms with E-state index in [1.807, 2.05) is 13.8 Å². The normalized spacial score (nSPS) is 20.3. The smallest absolute Gasteiger partial charge is 0.205 e. The largest absolute Gasteiger partial charge is 0.493 e. The van der Waals surface area contributed by atoms with Crippen molar-refractivity contribution in [3.8, 4) is 29.9 Å². The zero-order chi connectivity index (χ0) is 21.3. The number of ketones is 1. The first-order valence-corrected chi connectivity index (χ1v) is 9.79. The third-order valence-corrected chi connectivity index (χ3v) is 5.55. The molecule has 0 spiro atoms. The number of ether oxygens (including phenoxy) is 3. The summed E-state index contributed by atoms with van der Waals surface area (Å²) < 4.78 is 17.3. The molecule has 0 saturated heterocycles. The lowest BCUT2D eigenvalue weighted by atomic mass is 9.70. The monoisotopic (exact) mass is 456 g/mol. The summed E-state index contributed by atoms with van der Waals surface area (Å²) in [6, 6.07) is 5.63. The molecule has 1 aromatic carbocycles. The van der Waals surface area contributed by atoms with E-state index in [1.54, 1.807) is 12.1 Å². The lowest BCUT2D eigenvalue weighted by Crippen LogP contribution is -2.33. The van der Waals surface area contributed by atoms with Gasteiger partial charge in [-0.25, -0.2) is 0 Å². The maximum absolute atomic E-state index is 13.0. The first kappa shape index (κ1) is 20.8. The van der Waals surface area contributed by atoms with Gasteiger partial charge in [-0.1, -0.05) is 19.8 Å². The molecular weight excluding hydrogens is 436 g/mol. The molecule has 1 unspecified atom stereocenters. The summed E-state index contributed by atoms with van der Waals surface area (Å²) in [5, 5.41) is 9.75. The van der Waals surface area contributed by atoms with Gasteiger partial charge in [-0.3, -0.25) is 4.79 Å². The summed E-state index contributed by atoms with van der Waals surface area (Å²) >= 11 is 3.48. The topological polar surface area (TPSA) is 94.6 Å². The Morgan fingerprint density at radius 2 is 2.14 bits per heavy atom. The molecule has 1 atom stereocenters. The molecule has 7 heteroatoms. The number of allylic oxidation sites excluding steroid dienone is 3. The van der Waals surface area contributed by atoms with Crippen LogP contribution in [0, 0.1) is 29.1 Å². The second-order valence-corrected chi connectivity index (χ2v) is 8.58. The molecule has 1 aliphatic carbocycles. The number of carbonyl (C=O) groups is 1. The quantitative estimate of drug-likeness (QED) is 0.689. The Kier molecular flexibility index (Phi) is 5.64. The predicted octanol–water partition coefficient (Wildman–Crippen LogP) is 3.92. The molecule has 0 radical (unpaired) electrons. The zero-order valence-electron chi connectivity index (χ0n) is 16.5. The standard InChI is InChI=1S/C22H21BrN2O4/c1-5-6-28-20-14(23)7-12(8-16(20)27-4)18-13(11-24)21(25)29-17-10-22(2,3)9-15(26)19(17)18/h1,7-8,18H,6,9-10,25H2,2-4H3. The predicted molar refractivity (Wildman–Crippen MR) is 111 cm³/mol. The number of methoxy groups -OCH3 is 1. The molecule has 0 fully saturated rings. The van der Waals surface area contributed by atoms with Crippen LogP contribution in [-0.4, -0.2) is 19.5 Å². The van der Waals surface area contributed by atoms with Crippen LogP contribution < -0.4 is 15.2 Å². The van der Waals surface area contributed by atoms with Crippen LogP contribution in [-0.2, 0) is 9.53 Å². The summed E-state index contributed by atoms with van der Waals surface area (Å²) in [6.45, 7) is 4.08. The minimum absolute atomic E-state index is 0.0181. The van der Waals surface area contributed by atoms with Crippen molar-refractivity contribution in [1.82, 2.24) is 0 Å². The Morgan fingerprint density at radius 1 is 1.41 bits per heavy atom. The minimum atomic E-state index is -0.640. The fourth-order valence-corrected chi connectivity index (χ4v) is 4.35. The van der Waals surface area contributed by atoms with Crippen molar-refractivity contribution in [2.75, 3.05) is 13.7 Å². The van der Waals surface area contributed by atoms with E-state index in [1.165, 1.54) is 7.11 Å². The number of hydrogen-bond donors (Lipinski definition) is 1. The van der Waals surface area contributed by atoms with E-state index in [-0.39, 0.29) is 29.3 Å². The lowest BCUT2D eigenvalue weighted by molar-refractivity contribution is -0.119. The molecule has 1 aromatic rings. The fraction of sp³-hybridized carbons (Fsp3) is 0.364. The van der Waals surface area contributed by atoms with E-state index in [0.29, 0.717) is 45.7 Å². The van der Waals surface area contributed by atoms with E-state index in [4.69, 9.17) is 26.4 Å². The third kappa shape index (κ3) is 3.83. The van der Waals surface area contributed by atoms with Gasteiger partial charge in [0, 0.05) is 18.4 Å². The van der Waals surface area contributed by atoms with Crippen LogP contribution in [0.3, 0.4) is 0 Å². The van der Waals surface area contributed by atoms with Crippen LogP contribution in [0.25, 0.3) is 0 Å². The van der Waals surface area contributed by atoms with E-state index in [2.05, 4.69) is 27.9 Å². The Labute approximate surface area is 178 Å². The van der Waals surface area contributed by atoms with Crippen molar-refractivity contribution in [3.05, 3.63) is 45.0 Å². The average molecular weight is 457 g/mol. The van der Waals surface area contributed by atoms with Gasteiger partial charge in [0.25, 0.3) is 0 Å². The van der Waals surface area contributed by atoms with E-state index in [0.717, 1.165) is 0 Å². The van der Waals surface area contributed by atoms with E-state index < -0.39 is 5.92 Å². The molecule has 29 heavy (non-hydrogen) atoms. The van der Waals surface area contributed by atoms with Crippen LogP contribution >= 0.6 is 15.9 Å². The number of Topliss-reactive ketones (excluding diaryl/α,β-unsaturated/α-hetero) is 1. The molecular formula is C22H21BrN2O4. The molecule has 150 valence electrons. The van der Waals surface area contributed by atoms with E-state index in [9.17, 15) is 10.1 Å². The van der Waals surface area contributed by atoms with Gasteiger partial charge >= 0.3 is 0 Å². The number of halogens is 1. The van der Waals surface area contributed by atoms with Crippen molar-refractivity contribution in [1.29, 1.82) is 5.26 Å². The van der Waals surface area contributed by atoms with Gasteiger partial charge in [0.1, 0.15) is 24.0 Å². The Balaban J connectivity index is 2.19. The molecule has 3 rings (SSSR count). The number of nitriles is 1. The van der Waals surface area contributed by atoms with Gasteiger partial charge in [-0.05, 0) is 39.0 Å². The number of rotatable bonds is 4. The van der Waals surface area contributed by atoms with Crippen LogP contribution in [0.5, 0.6) is 11.5 Å². The van der Waals surface area contributed by atoms with Gasteiger partial charge in [-0.15, -0.1) is 6.42 Å². The number of terminal acetylenes is 1. The van der Waals surface area contributed by atoms with Crippen LogP contribution in [0.4, 0.5) is 0 Å². The first-order valence-electron chi connectivity index (χ1n) is 9.00. The summed E-state index contributed by atoms with van der Waals surface area (Å²) in [5.74, 6) is 3.14. The number of nitrogens with two attached hydrogens (primary N) is 1. The SMILES string of the molecule is C#CCOc1c(Br)cc(C2C(C#N)=C(N)OC3=C2C(=O)CC(C)(C)C3)cc1OC. The highest BCUT2D eigenvalue weighted by molar-refractivity contribution is 9.10. The van der Waals surface area contributed by atoms with Gasteiger partial charge < -0.3 is 19.9 Å². The highest BCUT2D eigenvalue weighted by atomic mass is 79.9. The van der Waals surface area contributed by atoms with Gasteiger partial charge in [-0.2, -0.15) is 5.26 Å². The molecule has 0 amide bonds. The van der Waals surface area contributed by atoms with Crippen LogP contribution in [0.1, 0.15) is 38.2 Å². The number of benzene rings is 1. The average Bonchev–Trinajstić information content (AvgIpc) is 2.64. The zero-order valence-corrected chi connectivity index (χ0v) is 18.1. The first-order chi connectivity index (χ1) is 13.7. The van der Waals surface area contributed by atoms with Gasteiger partial charge in [0.2, 0.25) is 5.88 Å². The van der Waals surface area contributed by atoms with Crippen molar-refractivity contribution in [2.24, 2.45) is 11.1 Å². The maximum Gasteiger partial charge on any atom is 0.205 e. The molecule has 1 aliphatic heterocycles. The second kappa shape index (κ2) is 7.85. The maximum atomic E-state index is 13.0. The number of carbonyl (C=O) groups excluding carboxylic acids is 1. The minimum Gasteiger partial charge on any atom is -0.493 e. The molecule has 1 heterocycles. The molecule has 0 saturated carbocycles. The summed E-state index contributed by atoms with van der Waals surface area (Å²) in [6.07, 6.45) is 6.21. The second-order valence-electron chi connectivity index (χ2n) is 7.73. The van der Waals surface area contributed by atoms with Crippen molar-refractivity contribution in [3.63, 3.8) is 0 Å². The Morgan fingerprint density at radius 3 is 2.76 bits per heavy atom. The van der Waals surface area contributed by atoms with Gasteiger partial charge in [0.15, 0.2) is 17.3 Å². The number of hydrogen-bond acceptors (Lipinski definition) is 6. The summed E-state index contributed by atoms with van der Waals surface area (Å²) in [4.78, 5) is 13.0. The van der Waals surface area contributed by atoms with Crippen LogP contribution in [0.15, 0.2) is 39.4 Å². The Bertz CT molecular complexity index is 1020. The summed E-state index contributed by atoms with van der Waals surface area (Å²) in [7, 11) is 1.51. The molecule has 0 bridgehead atoms. The highest BCUT2D eigenvalue weighted by Gasteiger charge is 2.43. The van der Waals surface area contributed by atoms with Crippen LogP contribution in [0.2, 0.25) is 0 Å². The highest BCUT2D eigenvalue weighted by Crippen LogP contribution is 2.49. The van der Waals surface area contributed by atoms with Crippen molar-refractivity contribution < 1.29 is 19.0 Å². The van der Waals surface area contributed by atoms with Crippen molar-refractivity contribution in [2.45, 2.75) is 32.6 Å². The Hall–Kier alpha value is -2.90.